The molecule has 11 aromatic carbocycles. The Morgan fingerprint density at radius 1 is 0.271 bits per heavy atom. The van der Waals surface area contributed by atoms with E-state index >= 15 is 0 Å². The summed E-state index contributed by atoms with van der Waals surface area (Å²) in [6.45, 7) is 0. The lowest BCUT2D eigenvalue weighted by Crippen LogP contribution is -2.28. The predicted octanol–water partition coefficient (Wildman–Crippen LogP) is 19.3. The number of hydrogen-bond acceptors (Lipinski definition) is 3. The Kier molecular flexibility index (Phi) is 9.55. The molecule has 2 aromatic heterocycles. The second-order valence-corrected chi connectivity index (χ2v) is 20.5. The van der Waals surface area contributed by atoms with E-state index in [1.165, 1.54) is 107 Å². The zero-order valence-corrected chi connectivity index (χ0v) is 39.7. The lowest BCUT2D eigenvalue weighted by atomic mass is 9.68. The van der Waals surface area contributed by atoms with Gasteiger partial charge >= 0.3 is 0 Å². The molecule has 0 spiro atoms. The van der Waals surface area contributed by atoms with Gasteiger partial charge in [0.1, 0.15) is 0 Å². The van der Waals surface area contributed by atoms with Crippen molar-refractivity contribution >= 4 is 80.1 Å². The summed E-state index contributed by atoms with van der Waals surface area (Å²) in [5.41, 5.74) is 17.8. The third kappa shape index (κ3) is 6.43. The van der Waals surface area contributed by atoms with Gasteiger partial charge in [-0.05, 0) is 133 Å². The first kappa shape index (κ1) is 40.7. The molecule has 1 aliphatic rings. The molecule has 70 heavy (non-hydrogen) atoms. The fourth-order valence-electron chi connectivity index (χ4n) is 11.4. The molecule has 328 valence electrons. The Hall–Kier alpha value is -8.34. The first-order chi connectivity index (χ1) is 34.7. The van der Waals surface area contributed by atoms with Crippen LogP contribution in [0.1, 0.15) is 22.3 Å². The molecule has 0 saturated carbocycles. The average Bonchev–Trinajstić information content (AvgIpc) is 4.10. The Balaban J connectivity index is 0.879. The maximum absolute atomic E-state index is 2.43. The first-order valence-electron chi connectivity index (χ1n) is 24.0. The van der Waals surface area contributed by atoms with Crippen LogP contribution in [0.3, 0.4) is 0 Å². The second-order valence-electron chi connectivity index (χ2n) is 18.4. The van der Waals surface area contributed by atoms with Gasteiger partial charge in [0, 0.05) is 57.4 Å². The van der Waals surface area contributed by atoms with Gasteiger partial charge in [0.2, 0.25) is 0 Å². The van der Waals surface area contributed by atoms with Crippen molar-refractivity contribution in [3.63, 3.8) is 0 Å². The zero-order chi connectivity index (χ0) is 46.2. The van der Waals surface area contributed by atoms with Crippen molar-refractivity contribution in [1.82, 2.24) is 0 Å². The minimum Gasteiger partial charge on any atom is -0.310 e. The monoisotopic (exact) mass is 925 g/mol. The van der Waals surface area contributed by atoms with Crippen LogP contribution >= 0.6 is 22.7 Å². The predicted molar refractivity (Wildman–Crippen MR) is 301 cm³/mol. The van der Waals surface area contributed by atoms with Crippen LogP contribution < -0.4 is 4.90 Å². The summed E-state index contributed by atoms with van der Waals surface area (Å²) in [4.78, 5) is 2.43. The maximum Gasteiger partial charge on any atom is 0.0713 e. The highest BCUT2D eigenvalue weighted by molar-refractivity contribution is 7.26. The molecule has 0 N–H and O–H groups in total. The molecule has 0 unspecified atom stereocenters. The van der Waals surface area contributed by atoms with Gasteiger partial charge in [0.25, 0.3) is 0 Å². The highest BCUT2D eigenvalue weighted by Gasteiger charge is 2.46. The quantitative estimate of drug-likeness (QED) is 0.147. The molecule has 0 atom stereocenters. The molecule has 0 fully saturated rings. The average molecular weight is 926 g/mol. The van der Waals surface area contributed by atoms with Crippen molar-refractivity contribution in [2.45, 2.75) is 5.41 Å². The normalized spacial score (nSPS) is 12.7. The van der Waals surface area contributed by atoms with Gasteiger partial charge in [0.05, 0.1) is 5.41 Å². The van der Waals surface area contributed by atoms with Crippen molar-refractivity contribution in [3.8, 4) is 44.5 Å². The summed E-state index contributed by atoms with van der Waals surface area (Å²) in [6.07, 6.45) is 0. The molecule has 13 aromatic rings. The second kappa shape index (κ2) is 16.4. The largest absolute Gasteiger partial charge is 0.310 e. The standard InChI is InChI=1S/C67H43NS2/c1-3-14-49(15-4-1)67(50-16-5-2-6-17-50)60-22-10-7-18-55(60)58-43-53(39-40-61(58)67)68(52-37-32-47(33-38-52)54-21-13-25-65-66(54)57-20-9-12-24-63(57)70-65)51-35-30-45(31-36-51)44-26-28-46(29-27-44)48-34-41-64-59(42-48)56-19-8-11-23-62(56)69-64/h1-43H. The number of anilines is 3. The van der Waals surface area contributed by atoms with E-state index in [2.05, 4.69) is 266 Å². The van der Waals surface area contributed by atoms with Crippen LogP contribution in [0.4, 0.5) is 17.1 Å². The van der Waals surface area contributed by atoms with Crippen molar-refractivity contribution in [2.24, 2.45) is 0 Å². The summed E-state index contributed by atoms with van der Waals surface area (Å²) in [5.74, 6) is 0. The third-order valence-electron chi connectivity index (χ3n) is 14.6. The van der Waals surface area contributed by atoms with Gasteiger partial charge in [-0.25, -0.2) is 0 Å². The number of thiophene rings is 2. The summed E-state index contributed by atoms with van der Waals surface area (Å²) in [6, 6.07) is 96.7. The molecule has 14 rings (SSSR count). The third-order valence-corrected chi connectivity index (χ3v) is 16.9. The zero-order valence-electron chi connectivity index (χ0n) is 38.1. The van der Waals surface area contributed by atoms with E-state index in [1.54, 1.807) is 0 Å². The van der Waals surface area contributed by atoms with E-state index in [1.807, 2.05) is 22.7 Å². The molecule has 1 aliphatic carbocycles. The van der Waals surface area contributed by atoms with E-state index in [0.29, 0.717) is 0 Å². The summed E-state index contributed by atoms with van der Waals surface area (Å²) >= 11 is 3.73. The van der Waals surface area contributed by atoms with Crippen molar-refractivity contribution in [2.75, 3.05) is 4.90 Å². The molecule has 0 saturated heterocycles. The summed E-state index contributed by atoms with van der Waals surface area (Å²) in [7, 11) is 0. The van der Waals surface area contributed by atoms with E-state index in [-0.39, 0.29) is 0 Å². The summed E-state index contributed by atoms with van der Waals surface area (Å²) in [5, 5.41) is 5.29. The van der Waals surface area contributed by atoms with E-state index in [4.69, 9.17) is 0 Å². The Labute approximate surface area is 415 Å². The molecule has 1 nitrogen and oxygen atoms in total. The Bertz CT molecular complexity index is 4050. The Morgan fingerprint density at radius 3 is 1.44 bits per heavy atom. The minimum absolute atomic E-state index is 0.464. The molecular formula is C67H43NS2. The molecule has 0 aliphatic heterocycles. The van der Waals surface area contributed by atoms with Crippen LogP contribution in [0, 0.1) is 0 Å². The van der Waals surface area contributed by atoms with Crippen LogP contribution in [0.2, 0.25) is 0 Å². The first-order valence-corrected chi connectivity index (χ1v) is 25.6. The van der Waals surface area contributed by atoms with Crippen LogP contribution in [0.5, 0.6) is 0 Å². The maximum atomic E-state index is 2.43. The van der Waals surface area contributed by atoms with Gasteiger partial charge in [-0.3, -0.25) is 0 Å². The van der Waals surface area contributed by atoms with Gasteiger partial charge in [-0.15, -0.1) is 22.7 Å². The van der Waals surface area contributed by atoms with Crippen molar-refractivity contribution in [1.29, 1.82) is 0 Å². The molecule has 0 amide bonds. The van der Waals surface area contributed by atoms with Gasteiger partial charge in [0.15, 0.2) is 0 Å². The molecule has 0 bridgehead atoms. The highest BCUT2D eigenvalue weighted by atomic mass is 32.1. The fraction of sp³-hybridized carbons (Fsp3) is 0.0149. The molecule has 3 heteroatoms. The molecule has 0 radical (unpaired) electrons. The minimum atomic E-state index is -0.464. The van der Waals surface area contributed by atoms with Gasteiger partial charge in [-0.1, -0.05) is 194 Å². The lowest BCUT2D eigenvalue weighted by Gasteiger charge is -2.34. The number of nitrogens with zero attached hydrogens (tertiary/aromatic N) is 1. The van der Waals surface area contributed by atoms with Crippen molar-refractivity contribution in [3.05, 3.63) is 283 Å². The topological polar surface area (TPSA) is 3.24 Å². The number of fused-ring (bicyclic) bond motifs is 9. The van der Waals surface area contributed by atoms with Crippen molar-refractivity contribution < 1.29 is 0 Å². The van der Waals surface area contributed by atoms with Gasteiger partial charge < -0.3 is 4.90 Å². The lowest BCUT2D eigenvalue weighted by molar-refractivity contribution is 0.768. The molecular weight excluding hydrogens is 883 g/mol. The highest BCUT2D eigenvalue weighted by Crippen LogP contribution is 2.57. The van der Waals surface area contributed by atoms with Crippen LogP contribution in [0.15, 0.2) is 261 Å². The fourth-order valence-corrected chi connectivity index (χ4v) is 13.6. The molecule has 2 heterocycles. The number of hydrogen-bond donors (Lipinski definition) is 0. The van der Waals surface area contributed by atoms with E-state index < -0.39 is 5.41 Å². The van der Waals surface area contributed by atoms with Crippen LogP contribution in [-0.2, 0) is 5.41 Å². The van der Waals surface area contributed by atoms with E-state index in [9.17, 15) is 0 Å². The SMILES string of the molecule is c1ccc(C2(c3ccccc3)c3ccccc3-c3cc(N(c4ccc(-c5ccc(-c6ccc7sc8ccccc8c7c6)cc5)cc4)c4ccc(-c5cccc6sc7ccccc7c56)cc4)ccc32)cc1. The Morgan fingerprint density at radius 2 is 0.743 bits per heavy atom. The smallest absolute Gasteiger partial charge is 0.0713 e. The number of benzene rings is 11. The van der Waals surface area contributed by atoms with Gasteiger partial charge in [-0.2, -0.15) is 0 Å². The summed E-state index contributed by atoms with van der Waals surface area (Å²) < 4.78 is 5.29. The number of rotatable bonds is 8. The van der Waals surface area contributed by atoms with Crippen LogP contribution in [0.25, 0.3) is 84.9 Å². The van der Waals surface area contributed by atoms with Crippen LogP contribution in [-0.4, -0.2) is 0 Å². The van der Waals surface area contributed by atoms with E-state index in [0.717, 1.165) is 17.1 Å².